The summed E-state index contributed by atoms with van der Waals surface area (Å²) in [5.41, 5.74) is 5.51. The molecule has 2 heterocycles. The van der Waals surface area contributed by atoms with Gasteiger partial charge in [-0.3, -0.25) is 0 Å². The number of sulfonamides is 1. The molecule has 2 aromatic heterocycles. The van der Waals surface area contributed by atoms with Crippen LogP contribution in [-0.4, -0.2) is 8.42 Å². The van der Waals surface area contributed by atoms with Gasteiger partial charge < -0.3 is 5.73 Å². The molecule has 0 aliphatic rings. The van der Waals surface area contributed by atoms with Crippen LogP contribution in [0.5, 0.6) is 0 Å². The van der Waals surface area contributed by atoms with Gasteiger partial charge in [-0.05, 0) is 44.0 Å². The lowest BCUT2D eigenvalue weighted by Gasteiger charge is -2.04. The molecule has 0 spiro atoms. The minimum absolute atomic E-state index is 0.244. The maximum Gasteiger partial charge on any atom is 0.242 e. The van der Waals surface area contributed by atoms with E-state index >= 15 is 0 Å². The summed E-state index contributed by atoms with van der Waals surface area (Å²) in [6.45, 7) is 0.607. The van der Waals surface area contributed by atoms with Crippen molar-refractivity contribution in [1.82, 2.24) is 4.72 Å². The quantitative estimate of drug-likeness (QED) is 0.741. The third-order valence-corrected chi connectivity index (χ3v) is 7.63. The van der Waals surface area contributed by atoms with Crippen LogP contribution in [0.1, 0.15) is 9.75 Å². The van der Waals surface area contributed by atoms with Gasteiger partial charge in [0.1, 0.15) is 4.90 Å². The Bertz CT molecular complexity index is 679. The lowest BCUT2D eigenvalue weighted by molar-refractivity contribution is 0.581. The van der Waals surface area contributed by atoms with Gasteiger partial charge in [0.2, 0.25) is 10.0 Å². The van der Waals surface area contributed by atoms with E-state index in [1.165, 1.54) is 22.7 Å². The predicted octanol–water partition coefficient (Wildman–Crippen LogP) is 3.27. The number of hydrogen-bond donors (Lipinski definition) is 2. The van der Waals surface area contributed by atoms with Gasteiger partial charge in [0.15, 0.2) is 0 Å². The third kappa shape index (κ3) is 3.87. The van der Waals surface area contributed by atoms with Crippen molar-refractivity contribution >= 4 is 64.6 Å². The standard InChI is InChI=1S/C10H10Br2N2O2S3/c11-6-1-8(17-5-6)4-14-19(15,16)9-2-7(3-13)18-10(9)12/h1-2,5,14H,3-4,13H2. The van der Waals surface area contributed by atoms with E-state index in [1.54, 1.807) is 6.07 Å². The zero-order chi connectivity index (χ0) is 14.0. The second-order valence-electron chi connectivity index (χ2n) is 3.61. The predicted molar refractivity (Wildman–Crippen MR) is 86.0 cm³/mol. The minimum atomic E-state index is -3.52. The Labute approximate surface area is 136 Å². The molecule has 0 radical (unpaired) electrons. The van der Waals surface area contributed by atoms with Crippen molar-refractivity contribution < 1.29 is 8.42 Å². The van der Waals surface area contributed by atoms with Gasteiger partial charge in [0, 0.05) is 32.7 Å². The summed E-state index contributed by atoms with van der Waals surface area (Å²) >= 11 is 9.43. The molecule has 0 saturated carbocycles. The number of rotatable bonds is 5. The van der Waals surface area contributed by atoms with Gasteiger partial charge in [-0.2, -0.15) is 0 Å². The van der Waals surface area contributed by atoms with Crippen molar-refractivity contribution in [3.05, 3.63) is 35.5 Å². The van der Waals surface area contributed by atoms with Crippen LogP contribution in [-0.2, 0) is 23.1 Å². The number of thiophene rings is 2. The van der Waals surface area contributed by atoms with Gasteiger partial charge in [-0.25, -0.2) is 13.1 Å². The highest BCUT2D eigenvalue weighted by Gasteiger charge is 2.20. The summed E-state index contributed by atoms with van der Waals surface area (Å²) in [7, 11) is -3.52. The number of nitrogens with one attached hydrogen (secondary N) is 1. The Morgan fingerprint density at radius 1 is 1.26 bits per heavy atom. The minimum Gasteiger partial charge on any atom is -0.326 e. The molecule has 0 unspecified atom stereocenters. The average Bonchev–Trinajstić information content (AvgIpc) is 2.93. The fourth-order valence-corrected chi connectivity index (χ4v) is 6.42. The number of halogens is 2. The van der Waals surface area contributed by atoms with E-state index in [2.05, 4.69) is 36.6 Å². The summed E-state index contributed by atoms with van der Waals surface area (Å²) in [6.07, 6.45) is 0. The average molecular weight is 446 g/mol. The highest BCUT2D eigenvalue weighted by Crippen LogP contribution is 2.31. The molecule has 9 heteroatoms. The van der Waals surface area contributed by atoms with E-state index in [-0.39, 0.29) is 11.4 Å². The van der Waals surface area contributed by atoms with Crippen LogP contribution < -0.4 is 10.5 Å². The zero-order valence-corrected chi connectivity index (χ0v) is 15.1. The first-order valence-electron chi connectivity index (χ1n) is 5.13. The highest BCUT2D eigenvalue weighted by atomic mass is 79.9. The van der Waals surface area contributed by atoms with Crippen LogP contribution in [0.25, 0.3) is 0 Å². The molecule has 2 aromatic rings. The summed E-state index contributed by atoms with van der Waals surface area (Å²) < 4.78 is 28.5. The largest absolute Gasteiger partial charge is 0.326 e. The van der Waals surface area contributed by atoms with Gasteiger partial charge in [0.05, 0.1) is 3.79 Å². The van der Waals surface area contributed by atoms with Crippen molar-refractivity contribution in [3.8, 4) is 0 Å². The Kier molecular flexibility index (Phi) is 5.21. The van der Waals surface area contributed by atoms with Crippen molar-refractivity contribution in [2.24, 2.45) is 5.73 Å². The highest BCUT2D eigenvalue weighted by molar-refractivity contribution is 9.11. The lowest BCUT2D eigenvalue weighted by Crippen LogP contribution is -2.22. The van der Waals surface area contributed by atoms with Crippen molar-refractivity contribution in [1.29, 1.82) is 0 Å². The van der Waals surface area contributed by atoms with E-state index in [0.29, 0.717) is 10.3 Å². The molecule has 0 bridgehead atoms. The molecule has 2 rings (SSSR count). The summed E-state index contributed by atoms with van der Waals surface area (Å²) in [5.74, 6) is 0. The molecule has 104 valence electrons. The Hall–Kier alpha value is 0.230. The Morgan fingerprint density at radius 2 is 2.00 bits per heavy atom. The van der Waals surface area contributed by atoms with E-state index in [0.717, 1.165) is 14.2 Å². The monoisotopic (exact) mass is 444 g/mol. The van der Waals surface area contributed by atoms with Gasteiger partial charge in [-0.1, -0.05) is 0 Å². The maximum atomic E-state index is 12.2. The molecule has 0 aliphatic carbocycles. The van der Waals surface area contributed by atoms with Crippen LogP contribution in [0.15, 0.2) is 30.7 Å². The van der Waals surface area contributed by atoms with Crippen LogP contribution in [0.4, 0.5) is 0 Å². The normalized spacial score (nSPS) is 11.9. The smallest absolute Gasteiger partial charge is 0.242 e. The van der Waals surface area contributed by atoms with Gasteiger partial charge >= 0.3 is 0 Å². The molecule has 0 aromatic carbocycles. The molecule has 0 amide bonds. The molecular weight excluding hydrogens is 436 g/mol. The fraction of sp³-hybridized carbons (Fsp3) is 0.200. The van der Waals surface area contributed by atoms with Crippen LogP contribution in [0, 0.1) is 0 Å². The first-order valence-corrected chi connectivity index (χ1v) is 9.90. The topological polar surface area (TPSA) is 72.2 Å². The maximum absolute atomic E-state index is 12.2. The molecule has 0 atom stereocenters. The second kappa shape index (κ2) is 6.33. The Morgan fingerprint density at radius 3 is 2.53 bits per heavy atom. The third-order valence-electron chi connectivity index (χ3n) is 2.26. The van der Waals surface area contributed by atoms with E-state index in [9.17, 15) is 8.42 Å². The van der Waals surface area contributed by atoms with Crippen molar-refractivity contribution in [2.45, 2.75) is 18.0 Å². The molecule has 0 aliphatic heterocycles. The number of hydrogen-bond acceptors (Lipinski definition) is 5. The molecule has 19 heavy (non-hydrogen) atoms. The summed E-state index contributed by atoms with van der Waals surface area (Å²) in [6, 6.07) is 3.49. The van der Waals surface area contributed by atoms with Crippen molar-refractivity contribution in [3.63, 3.8) is 0 Å². The first kappa shape index (κ1) is 15.6. The zero-order valence-electron chi connectivity index (χ0n) is 9.52. The molecule has 0 fully saturated rings. The summed E-state index contributed by atoms with van der Waals surface area (Å²) in [4.78, 5) is 2.01. The van der Waals surface area contributed by atoms with E-state index in [4.69, 9.17) is 5.73 Å². The van der Waals surface area contributed by atoms with E-state index < -0.39 is 10.0 Å². The van der Waals surface area contributed by atoms with Gasteiger partial charge in [0.25, 0.3) is 0 Å². The molecule has 0 saturated heterocycles. The Balaban J connectivity index is 2.15. The lowest BCUT2D eigenvalue weighted by atomic mass is 10.5. The summed E-state index contributed by atoms with van der Waals surface area (Å²) in [5, 5.41) is 1.91. The van der Waals surface area contributed by atoms with Crippen LogP contribution in [0.2, 0.25) is 0 Å². The molecule has 3 N–H and O–H groups in total. The fourth-order valence-electron chi connectivity index (χ4n) is 1.37. The first-order chi connectivity index (χ1) is 8.92. The van der Waals surface area contributed by atoms with Crippen molar-refractivity contribution in [2.75, 3.05) is 0 Å². The molecule has 4 nitrogen and oxygen atoms in total. The van der Waals surface area contributed by atoms with E-state index in [1.807, 2.05) is 11.4 Å². The van der Waals surface area contributed by atoms with Gasteiger partial charge in [-0.15, -0.1) is 22.7 Å². The number of nitrogens with two attached hydrogens (primary N) is 1. The van der Waals surface area contributed by atoms with Crippen LogP contribution >= 0.6 is 54.5 Å². The SMILES string of the molecule is NCc1cc(S(=O)(=O)NCc2cc(Br)cs2)c(Br)s1. The van der Waals surface area contributed by atoms with Crippen LogP contribution in [0.3, 0.4) is 0 Å². The second-order valence-corrected chi connectivity index (χ2v) is 9.71. The molecular formula is C10H10Br2N2O2S3.